The van der Waals surface area contributed by atoms with Crippen molar-refractivity contribution >= 4 is 15.7 Å². The number of nitrogens with zero attached hydrogens (tertiary/aromatic N) is 3. The van der Waals surface area contributed by atoms with E-state index in [2.05, 4.69) is 4.98 Å². The molecule has 0 aliphatic carbocycles. The first kappa shape index (κ1) is 17.5. The number of benzene rings is 1. The van der Waals surface area contributed by atoms with Gasteiger partial charge in [0.2, 0.25) is 10.0 Å². The Kier molecular flexibility index (Phi) is 5.07. The number of nitrogens with one attached hydrogen (secondary N) is 1. The van der Waals surface area contributed by atoms with Crippen molar-refractivity contribution in [2.24, 2.45) is 0 Å². The predicted octanol–water partition coefficient (Wildman–Crippen LogP) is 0.0792. The van der Waals surface area contributed by atoms with E-state index < -0.39 is 14.9 Å². The summed E-state index contributed by atoms with van der Waals surface area (Å²) in [4.78, 5) is 15.6. The van der Waals surface area contributed by atoms with Crippen molar-refractivity contribution in [3.63, 3.8) is 0 Å². The van der Waals surface area contributed by atoms with Crippen molar-refractivity contribution in [1.82, 2.24) is 9.29 Å². The van der Waals surface area contributed by atoms with Gasteiger partial charge >= 0.3 is 0 Å². The van der Waals surface area contributed by atoms with Gasteiger partial charge in [-0.2, -0.15) is 4.31 Å². The minimum Gasteiger partial charge on any atom is -0.329 e. The topological polar surface area (TPSA) is 97.8 Å². The lowest BCUT2D eigenvalue weighted by Crippen LogP contribution is -3.13. The number of nitro groups is 1. The van der Waals surface area contributed by atoms with Gasteiger partial charge in [0.1, 0.15) is 6.54 Å². The Bertz CT molecular complexity index is 832. The molecule has 1 aromatic carbocycles. The van der Waals surface area contributed by atoms with E-state index in [9.17, 15) is 18.5 Å². The standard InChI is InChI=1S/C16H18N4O4S/c21-20(22)15-1-3-16(4-2-15)25(23,24)19-11-9-18(10-12-19)13-14-5-7-17-8-6-14/h1-8H,9-13H2/p+1. The van der Waals surface area contributed by atoms with E-state index in [1.165, 1.54) is 39.0 Å². The van der Waals surface area contributed by atoms with Crippen LogP contribution in [0.4, 0.5) is 5.69 Å². The van der Waals surface area contributed by atoms with Crippen LogP contribution < -0.4 is 4.90 Å². The Morgan fingerprint density at radius 2 is 1.68 bits per heavy atom. The van der Waals surface area contributed by atoms with Crippen molar-refractivity contribution in [3.05, 3.63) is 64.5 Å². The number of non-ortho nitro benzene ring substituents is 1. The van der Waals surface area contributed by atoms with Crippen LogP contribution in [0, 0.1) is 10.1 Å². The predicted molar refractivity (Wildman–Crippen MR) is 90.5 cm³/mol. The molecule has 2 heterocycles. The zero-order valence-corrected chi connectivity index (χ0v) is 14.4. The van der Waals surface area contributed by atoms with Crippen molar-refractivity contribution < 1.29 is 18.2 Å². The van der Waals surface area contributed by atoms with Crippen LogP contribution >= 0.6 is 0 Å². The lowest BCUT2D eigenvalue weighted by Gasteiger charge is -2.31. The molecular formula is C16H19N4O4S+. The average molecular weight is 363 g/mol. The molecule has 1 aliphatic heterocycles. The monoisotopic (exact) mass is 363 g/mol. The molecule has 0 spiro atoms. The summed E-state index contributed by atoms with van der Waals surface area (Å²) >= 11 is 0. The third-order valence-corrected chi connectivity index (χ3v) is 6.23. The molecule has 1 fully saturated rings. The van der Waals surface area contributed by atoms with E-state index >= 15 is 0 Å². The molecule has 8 nitrogen and oxygen atoms in total. The molecule has 2 aromatic rings. The van der Waals surface area contributed by atoms with Gasteiger partial charge in [0.25, 0.3) is 5.69 Å². The summed E-state index contributed by atoms with van der Waals surface area (Å²) in [6, 6.07) is 8.96. The van der Waals surface area contributed by atoms with Gasteiger partial charge < -0.3 is 4.90 Å². The van der Waals surface area contributed by atoms with Gasteiger partial charge in [0.05, 0.1) is 36.0 Å². The third-order valence-electron chi connectivity index (χ3n) is 4.32. The molecule has 132 valence electrons. The van der Waals surface area contributed by atoms with Crippen molar-refractivity contribution in [1.29, 1.82) is 0 Å². The number of hydrogen-bond donors (Lipinski definition) is 1. The van der Waals surface area contributed by atoms with E-state index in [1.54, 1.807) is 12.4 Å². The molecule has 3 rings (SSSR count). The maximum Gasteiger partial charge on any atom is 0.269 e. The number of quaternary nitrogens is 1. The van der Waals surface area contributed by atoms with Crippen LogP contribution in [0.1, 0.15) is 5.56 Å². The minimum atomic E-state index is -3.61. The Morgan fingerprint density at radius 3 is 2.24 bits per heavy atom. The molecule has 9 heteroatoms. The zero-order chi connectivity index (χ0) is 17.9. The van der Waals surface area contributed by atoms with E-state index in [0.29, 0.717) is 26.2 Å². The van der Waals surface area contributed by atoms with E-state index in [1.807, 2.05) is 12.1 Å². The molecule has 1 saturated heterocycles. The van der Waals surface area contributed by atoms with E-state index in [4.69, 9.17) is 0 Å². The number of hydrogen-bond acceptors (Lipinski definition) is 5. The lowest BCUT2D eigenvalue weighted by atomic mass is 10.2. The number of aromatic nitrogens is 1. The van der Waals surface area contributed by atoms with Crippen molar-refractivity contribution in [2.75, 3.05) is 26.2 Å². The molecular weight excluding hydrogens is 344 g/mol. The molecule has 25 heavy (non-hydrogen) atoms. The fourth-order valence-electron chi connectivity index (χ4n) is 2.90. The summed E-state index contributed by atoms with van der Waals surface area (Å²) in [7, 11) is -3.61. The number of pyridine rings is 1. The summed E-state index contributed by atoms with van der Waals surface area (Å²) in [6.07, 6.45) is 3.51. The van der Waals surface area contributed by atoms with Gasteiger partial charge in [0.15, 0.2) is 0 Å². The van der Waals surface area contributed by atoms with E-state index in [-0.39, 0.29) is 10.6 Å². The molecule has 1 aliphatic rings. The Morgan fingerprint density at radius 1 is 1.08 bits per heavy atom. The highest BCUT2D eigenvalue weighted by Gasteiger charge is 2.30. The zero-order valence-electron chi connectivity index (χ0n) is 13.5. The second kappa shape index (κ2) is 7.26. The molecule has 0 radical (unpaired) electrons. The Labute approximate surface area is 145 Å². The Hall–Kier alpha value is -2.36. The van der Waals surface area contributed by atoms with Crippen LogP contribution in [0.25, 0.3) is 0 Å². The van der Waals surface area contributed by atoms with Crippen molar-refractivity contribution in [3.8, 4) is 0 Å². The largest absolute Gasteiger partial charge is 0.329 e. The first-order valence-corrected chi connectivity index (χ1v) is 9.38. The summed E-state index contributed by atoms with van der Waals surface area (Å²) < 4.78 is 26.8. The first-order valence-electron chi connectivity index (χ1n) is 7.94. The highest BCUT2D eigenvalue weighted by molar-refractivity contribution is 7.89. The summed E-state index contributed by atoms with van der Waals surface area (Å²) in [5, 5.41) is 10.7. The highest BCUT2D eigenvalue weighted by atomic mass is 32.2. The van der Waals surface area contributed by atoms with Gasteiger partial charge in [-0.3, -0.25) is 15.1 Å². The van der Waals surface area contributed by atoms with Gasteiger partial charge in [0, 0.05) is 30.1 Å². The van der Waals surface area contributed by atoms with Crippen LogP contribution in [0.15, 0.2) is 53.7 Å². The van der Waals surface area contributed by atoms with Crippen LogP contribution in [0.5, 0.6) is 0 Å². The molecule has 0 bridgehead atoms. The van der Waals surface area contributed by atoms with Gasteiger partial charge in [-0.05, 0) is 24.3 Å². The van der Waals surface area contributed by atoms with Crippen LogP contribution in [0.3, 0.4) is 0 Å². The molecule has 0 unspecified atom stereocenters. The molecule has 1 aromatic heterocycles. The third kappa shape index (κ3) is 4.01. The van der Waals surface area contributed by atoms with Gasteiger partial charge in [-0.25, -0.2) is 8.42 Å². The fraction of sp³-hybridized carbons (Fsp3) is 0.312. The van der Waals surface area contributed by atoms with Crippen LogP contribution in [-0.2, 0) is 16.6 Å². The smallest absolute Gasteiger partial charge is 0.269 e. The second-order valence-corrected chi connectivity index (χ2v) is 7.88. The highest BCUT2D eigenvalue weighted by Crippen LogP contribution is 2.19. The maximum absolute atomic E-state index is 12.7. The number of piperazine rings is 1. The number of rotatable bonds is 5. The first-order chi connectivity index (χ1) is 12.0. The van der Waals surface area contributed by atoms with Crippen LogP contribution in [-0.4, -0.2) is 48.8 Å². The number of sulfonamides is 1. The molecule has 1 N–H and O–H groups in total. The summed E-state index contributed by atoms with van der Waals surface area (Å²) in [5.74, 6) is 0. The van der Waals surface area contributed by atoms with Crippen LogP contribution in [0.2, 0.25) is 0 Å². The Balaban J connectivity index is 1.64. The summed E-state index contributed by atoms with van der Waals surface area (Å²) in [5.41, 5.74) is 1.06. The van der Waals surface area contributed by atoms with Gasteiger partial charge in [-0.1, -0.05) is 0 Å². The minimum absolute atomic E-state index is 0.0932. The van der Waals surface area contributed by atoms with E-state index in [0.717, 1.165) is 6.54 Å². The number of nitro benzene ring substituents is 1. The lowest BCUT2D eigenvalue weighted by molar-refractivity contribution is -0.917. The second-order valence-electron chi connectivity index (χ2n) is 5.94. The summed E-state index contributed by atoms with van der Waals surface area (Å²) in [6.45, 7) is 3.14. The maximum atomic E-state index is 12.7. The molecule has 0 atom stereocenters. The normalized spacial score (nSPS) is 16.6. The fourth-order valence-corrected chi connectivity index (χ4v) is 4.34. The molecule has 0 amide bonds. The molecule has 0 saturated carbocycles. The van der Waals surface area contributed by atoms with Crippen molar-refractivity contribution in [2.45, 2.75) is 11.4 Å². The SMILES string of the molecule is O=[N+]([O-])c1ccc(S(=O)(=O)N2CC[NH+](Cc3ccncc3)CC2)cc1. The van der Waals surface area contributed by atoms with Gasteiger partial charge in [-0.15, -0.1) is 0 Å². The quantitative estimate of drug-likeness (QED) is 0.599. The average Bonchev–Trinajstić information content (AvgIpc) is 2.63.